The van der Waals surface area contributed by atoms with E-state index in [1.54, 1.807) is 0 Å². The lowest BCUT2D eigenvalue weighted by molar-refractivity contribution is -0.255. The van der Waals surface area contributed by atoms with Gasteiger partial charge in [-0.25, -0.2) is 0 Å². The van der Waals surface area contributed by atoms with Gasteiger partial charge in [0.1, 0.15) is 6.17 Å². The summed E-state index contributed by atoms with van der Waals surface area (Å²) in [6.07, 6.45) is 0.155. The Bertz CT molecular complexity index is 791. The number of carbonyl (C=O) groups is 2. The van der Waals surface area contributed by atoms with Gasteiger partial charge in [-0.2, -0.15) is 0 Å². The van der Waals surface area contributed by atoms with E-state index >= 15 is 0 Å². The van der Waals surface area contributed by atoms with Crippen molar-refractivity contribution in [1.29, 1.82) is 0 Å². The van der Waals surface area contributed by atoms with Crippen LogP contribution in [0.3, 0.4) is 0 Å². The number of aromatic carboxylic acids is 1. The zero-order chi connectivity index (χ0) is 19.3. The second kappa shape index (κ2) is 8.59. The molecule has 1 amide bonds. The largest absolute Gasteiger partial charge is 0.545 e. The van der Waals surface area contributed by atoms with Crippen molar-refractivity contribution in [2.45, 2.75) is 9.96 Å². The van der Waals surface area contributed by atoms with Gasteiger partial charge in [0.25, 0.3) is 5.91 Å². The molecule has 1 atom stereocenters. The number of thiocarbonyl (C=S) groups is 1. The van der Waals surface area contributed by atoms with Crippen LogP contribution in [0, 0.1) is 0 Å². The van der Waals surface area contributed by atoms with Gasteiger partial charge < -0.3 is 30.3 Å². The molecule has 3 N–H and O–H groups in total. The van der Waals surface area contributed by atoms with Crippen LogP contribution in [0.4, 0.5) is 5.69 Å². The van der Waals surface area contributed by atoms with Gasteiger partial charge in [-0.05, 0) is 42.0 Å². The van der Waals surface area contributed by atoms with Crippen LogP contribution in [0.2, 0.25) is 0 Å². The van der Waals surface area contributed by atoms with E-state index in [1.807, 2.05) is 0 Å². The lowest BCUT2D eigenvalue weighted by Crippen LogP contribution is -2.56. The molecule has 0 radical (unpaired) electrons. The topological polar surface area (TPSA) is 106 Å². The normalized spacial score (nSPS) is 12.1. The fraction of sp³-hybridized carbons (Fsp3) is 0.133. The zero-order valence-electron chi connectivity index (χ0n) is 12.8. The first kappa shape index (κ1) is 20.3. The predicted molar refractivity (Wildman–Crippen MR) is 100 cm³/mol. The maximum Gasteiger partial charge on any atom is 0.288 e. The number of carboxylic acids is 1. The Labute approximate surface area is 168 Å². The first-order chi connectivity index (χ1) is 12.2. The summed E-state index contributed by atoms with van der Waals surface area (Å²) in [6.45, 7) is 0. The number of furan rings is 1. The average molecular weight is 436 g/mol. The quantitative estimate of drug-likeness (QED) is 0.375. The van der Waals surface area contributed by atoms with E-state index in [4.69, 9.17) is 51.4 Å². The molecule has 1 heterocycles. The van der Waals surface area contributed by atoms with E-state index in [2.05, 4.69) is 16.0 Å². The summed E-state index contributed by atoms with van der Waals surface area (Å²) in [6, 6.07) is 8.61. The summed E-state index contributed by atoms with van der Waals surface area (Å²) < 4.78 is 3.05. The van der Waals surface area contributed by atoms with Crippen LogP contribution in [0.1, 0.15) is 20.9 Å². The van der Waals surface area contributed by atoms with Crippen LogP contribution >= 0.6 is 47.0 Å². The van der Waals surface area contributed by atoms with E-state index in [1.165, 1.54) is 42.7 Å². The highest BCUT2D eigenvalue weighted by molar-refractivity contribution is 7.80. The van der Waals surface area contributed by atoms with E-state index < -0.39 is 21.8 Å². The minimum atomic E-state index is -1.92. The molecule has 0 bridgehead atoms. The first-order valence-corrected chi connectivity index (χ1v) is 8.51. The van der Waals surface area contributed by atoms with E-state index in [-0.39, 0.29) is 16.4 Å². The molecule has 0 saturated heterocycles. The summed E-state index contributed by atoms with van der Waals surface area (Å²) in [4.78, 5) is 22.8. The zero-order valence-corrected chi connectivity index (χ0v) is 15.9. The van der Waals surface area contributed by atoms with Crippen LogP contribution in [-0.4, -0.2) is 26.9 Å². The predicted octanol–water partition coefficient (Wildman–Crippen LogP) is 2.06. The molecule has 0 aliphatic heterocycles. The van der Waals surface area contributed by atoms with Crippen LogP contribution in [0.25, 0.3) is 0 Å². The molecular weight excluding hydrogens is 425 g/mol. The fourth-order valence-electron chi connectivity index (χ4n) is 1.80. The summed E-state index contributed by atoms with van der Waals surface area (Å²) in [7, 11) is 0. The van der Waals surface area contributed by atoms with Crippen LogP contribution in [-0.2, 0) is 0 Å². The lowest BCUT2D eigenvalue weighted by Gasteiger charge is -2.27. The maximum atomic E-state index is 12.1. The Morgan fingerprint density at radius 1 is 1.12 bits per heavy atom. The molecule has 0 aliphatic carbocycles. The number of anilines is 1. The average Bonchev–Trinajstić information content (AvgIpc) is 3.08. The molecule has 26 heavy (non-hydrogen) atoms. The van der Waals surface area contributed by atoms with Crippen molar-refractivity contribution in [3.05, 3.63) is 54.0 Å². The van der Waals surface area contributed by atoms with Crippen LogP contribution in [0.5, 0.6) is 0 Å². The molecule has 1 unspecified atom stereocenters. The van der Waals surface area contributed by atoms with Crippen molar-refractivity contribution in [1.82, 2.24) is 10.6 Å². The third-order valence-electron chi connectivity index (χ3n) is 3.00. The van der Waals surface area contributed by atoms with Gasteiger partial charge in [-0.3, -0.25) is 4.79 Å². The van der Waals surface area contributed by atoms with Crippen LogP contribution < -0.4 is 21.1 Å². The van der Waals surface area contributed by atoms with Gasteiger partial charge in [0.05, 0.1) is 12.2 Å². The van der Waals surface area contributed by atoms with Crippen molar-refractivity contribution in [2.75, 3.05) is 5.32 Å². The molecule has 0 saturated carbocycles. The third-order valence-corrected chi connectivity index (χ3v) is 3.88. The van der Waals surface area contributed by atoms with Gasteiger partial charge in [0.15, 0.2) is 10.9 Å². The molecule has 1 aromatic carbocycles. The maximum absolute atomic E-state index is 12.1. The highest BCUT2D eigenvalue weighted by Crippen LogP contribution is 2.29. The highest BCUT2D eigenvalue weighted by atomic mass is 35.6. The monoisotopic (exact) mass is 434 g/mol. The molecule has 1 aromatic heterocycles. The molecular formula is C15H11Cl3N3O4S-. The Morgan fingerprint density at radius 3 is 2.27 bits per heavy atom. The molecule has 2 aromatic rings. The van der Waals surface area contributed by atoms with Crippen molar-refractivity contribution < 1.29 is 19.1 Å². The Morgan fingerprint density at radius 2 is 1.77 bits per heavy atom. The number of alkyl halides is 3. The molecule has 2 rings (SSSR count). The van der Waals surface area contributed by atoms with Gasteiger partial charge >= 0.3 is 0 Å². The van der Waals surface area contributed by atoms with E-state index in [0.29, 0.717) is 5.69 Å². The SMILES string of the molecule is O=C([O-])c1ccc(NC(=S)NC(NC(=O)c2ccco2)C(Cl)(Cl)Cl)cc1. The number of amides is 1. The molecule has 0 aliphatic rings. The standard InChI is InChI=1S/C15H12Cl3N3O4S/c16-15(17,18)13(20-11(22)10-2-1-7-25-10)21-14(26)19-9-5-3-8(4-6-9)12(23)24/h1-7,13H,(H,20,22)(H,23,24)(H2,19,21,26)/p-1. The van der Waals surface area contributed by atoms with Crippen molar-refractivity contribution >= 4 is 69.7 Å². The van der Waals surface area contributed by atoms with Gasteiger partial charge in [-0.1, -0.05) is 46.9 Å². The number of carboxylic acid groups (broad SMARTS) is 1. The molecule has 138 valence electrons. The van der Waals surface area contributed by atoms with Gasteiger partial charge in [0, 0.05) is 5.69 Å². The number of carbonyl (C=O) groups excluding carboxylic acids is 2. The minimum Gasteiger partial charge on any atom is -0.545 e. The minimum absolute atomic E-state index is 0.0132. The second-order valence-corrected chi connectivity index (χ2v) is 7.67. The Balaban J connectivity index is 2.02. The smallest absolute Gasteiger partial charge is 0.288 e. The van der Waals surface area contributed by atoms with Gasteiger partial charge in [-0.15, -0.1) is 0 Å². The number of hydrogen-bond donors (Lipinski definition) is 3. The summed E-state index contributed by atoms with van der Waals surface area (Å²) in [5.41, 5.74) is 0.493. The first-order valence-electron chi connectivity index (χ1n) is 6.97. The molecule has 11 heteroatoms. The number of halogens is 3. The lowest BCUT2D eigenvalue weighted by atomic mass is 10.2. The summed E-state index contributed by atoms with van der Waals surface area (Å²) in [5.74, 6) is -1.88. The van der Waals surface area contributed by atoms with Crippen LogP contribution in [0.15, 0.2) is 47.1 Å². The van der Waals surface area contributed by atoms with Crippen molar-refractivity contribution in [3.63, 3.8) is 0 Å². The number of nitrogens with one attached hydrogen (secondary N) is 3. The second-order valence-electron chi connectivity index (χ2n) is 4.89. The van der Waals surface area contributed by atoms with Crippen molar-refractivity contribution in [3.8, 4) is 0 Å². The fourth-order valence-corrected chi connectivity index (χ4v) is 2.36. The summed E-state index contributed by atoms with van der Waals surface area (Å²) in [5, 5.41) is 18.6. The van der Waals surface area contributed by atoms with E-state index in [9.17, 15) is 14.7 Å². The molecule has 7 nitrogen and oxygen atoms in total. The third kappa shape index (κ3) is 5.77. The van der Waals surface area contributed by atoms with Crippen molar-refractivity contribution in [2.24, 2.45) is 0 Å². The number of rotatable bonds is 5. The van der Waals surface area contributed by atoms with E-state index in [0.717, 1.165) is 0 Å². The summed E-state index contributed by atoms with van der Waals surface area (Å²) >= 11 is 22.7. The molecule has 0 spiro atoms. The Kier molecular flexibility index (Phi) is 6.71. The highest BCUT2D eigenvalue weighted by Gasteiger charge is 2.35. The molecule has 0 fully saturated rings. The van der Waals surface area contributed by atoms with Gasteiger partial charge in [0.2, 0.25) is 3.79 Å². The number of hydrogen-bond acceptors (Lipinski definition) is 5. The number of benzene rings is 1. The Hall–Kier alpha value is -2.00.